The van der Waals surface area contributed by atoms with Gasteiger partial charge in [-0.15, -0.1) is 0 Å². The van der Waals surface area contributed by atoms with Gasteiger partial charge in [0.15, 0.2) is 0 Å². The molecule has 7 heteroatoms. The summed E-state index contributed by atoms with van der Waals surface area (Å²) in [6, 6.07) is 9.59. The van der Waals surface area contributed by atoms with Crippen LogP contribution in [0.2, 0.25) is 0 Å². The molecule has 0 spiro atoms. The van der Waals surface area contributed by atoms with Crippen LogP contribution >= 0.6 is 0 Å². The molecule has 0 atom stereocenters. The van der Waals surface area contributed by atoms with Crippen LogP contribution in [-0.4, -0.2) is 32.8 Å². The van der Waals surface area contributed by atoms with Crippen LogP contribution in [-0.2, 0) is 6.54 Å². The first kappa shape index (κ1) is 14.4. The molecule has 2 heterocycles. The number of rotatable bonds is 3. The number of aromatic nitrogens is 1. The Kier molecular flexibility index (Phi) is 3.35. The van der Waals surface area contributed by atoms with Crippen molar-refractivity contribution in [3.63, 3.8) is 0 Å². The average molecular weight is 307 g/mol. The maximum Gasteiger partial charge on any atom is 0.354 e. The number of nitriles is 1. The van der Waals surface area contributed by atoms with Gasteiger partial charge in [0.2, 0.25) is 0 Å². The molecule has 23 heavy (non-hydrogen) atoms. The molecule has 1 aliphatic rings. The molecule has 2 aromatic rings. The summed E-state index contributed by atoms with van der Waals surface area (Å²) in [6.45, 7) is 0.0421. The number of carboxylic acids is 1. The molecule has 2 amide bonds. The Morgan fingerprint density at radius 1 is 1.17 bits per heavy atom. The number of hydrogen-bond acceptors (Lipinski definition) is 5. The Morgan fingerprint density at radius 3 is 2.43 bits per heavy atom. The Balaban J connectivity index is 1.90. The summed E-state index contributed by atoms with van der Waals surface area (Å²) in [5.41, 5.74) is 1.01. The fourth-order valence-corrected chi connectivity index (χ4v) is 2.31. The number of carbonyl (C=O) groups excluding carboxylic acids is 2. The predicted molar refractivity (Wildman–Crippen MR) is 76.6 cm³/mol. The molecule has 0 unspecified atom stereocenters. The van der Waals surface area contributed by atoms with Crippen molar-refractivity contribution in [2.45, 2.75) is 6.54 Å². The fraction of sp³-hybridized carbons (Fsp3) is 0.0625. The molecule has 112 valence electrons. The van der Waals surface area contributed by atoms with Gasteiger partial charge in [-0.05, 0) is 23.8 Å². The van der Waals surface area contributed by atoms with Crippen molar-refractivity contribution in [3.05, 3.63) is 64.5 Å². The number of pyridine rings is 1. The maximum atomic E-state index is 12.3. The number of hydrogen-bond donors (Lipinski definition) is 1. The summed E-state index contributed by atoms with van der Waals surface area (Å²) < 4.78 is 0. The predicted octanol–water partition coefficient (Wildman–Crippen LogP) is 1.45. The lowest BCUT2D eigenvalue weighted by Crippen LogP contribution is -2.29. The van der Waals surface area contributed by atoms with Gasteiger partial charge in [0.1, 0.15) is 5.69 Å². The van der Waals surface area contributed by atoms with Crippen molar-refractivity contribution < 1.29 is 19.5 Å². The van der Waals surface area contributed by atoms with Gasteiger partial charge in [-0.1, -0.05) is 12.1 Å². The van der Waals surface area contributed by atoms with Gasteiger partial charge in [0.05, 0.1) is 29.3 Å². The van der Waals surface area contributed by atoms with Crippen LogP contribution < -0.4 is 0 Å². The standard InChI is InChI=1S/C16H9N3O4/c17-6-9-1-3-10(4-2-9)8-19-14(20)11-5-13(16(22)23)18-7-12(11)15(19)21/h1-5,7H,8H2,(H,22,23). The Hall–Kier alpha value is -3.53. The number of amides is 2. The first-order chi connectivity index (χ1) is 11.0. The van der Waals surface area contributed by atoms with E-state index in [0.29, 0.717) is 11.1 Å². The molecule has 0 saturated carbocycles. The first-order valence-corrected chi connectivity index (χ1v) is 6.60. The second kappa shape index (κ2) is 5.35. The zero-order chi connectivity index (χ0) is 16.6. The Bertz CT molecular complexity index is 881. The largest absolute Gasteiger partial charge is 0.477 e. The number of aromatic carboxylic acids is 1. The van der Waals surface area contributed by atoms with Crippen LogP contribution in [0.3, 0.4) is 0 Å². The second-order valence-corrected chi connectivity index (χ2v) is 4.93. The molecule has 0 bridgehead atoms. The highest BCUT2D eigenvalue weighted by atomic mass is 16.4. The van der Waals surface area contributed by atoms with Gasteiger partial charge in [0.25, 0.3) is 11.8 Å². The van der Waals surface area contributed by atoms with Gasteiger partial charge in [-0.3, -0.25) is 14.5 Å². The normalized spacial score (nSPS) is 12.9. The van der Waals surface area contributed by atoms with Crippen molar-refractivity contribution in [1.82, 2.24) is 9.88 Å². The lowest BCUT2D eigenvalue weighted by Gasteiger charge is -2.13. The minimum absolute atomic E-state index is 0.0380. The highest BCUT2D eigenvalue weighted by Crippen LogP contribution is 2.24. The zero-order valence-corrected chi connectivity index (χ0v) is 11.7. The SMILES string of the molecule is N#Cc1ccc(CN2C(=O)c3cnc(C(=O)O)cc3C2=O)cc1. The van der Waals surface area contributed by atoms with Crippen molar-refractivity contribution in [3.8, 4) is 6.07 Å². The highest BCUT2D eigenvalue weighted by Gasteiger charge is 2.36. The Labute approximate surface area is 130 Å². The van der Waals surface area contributed by atoms with Crippen LogP contribution in [0.1, 0.15) is 42.3 Å². The van der Waals surface area contributed by atoms with Crippen molar-refractivity contribution in [1.29, 1.82) is 5.26 Å². The van der Waals surface area contributed by atoms with E-state index in [4.69, 9.17) is 10.4 Å². The lowest BCUT2D eigenvalue weighted by atomic mass is 10.1. The number of carbonyl (C=O) groups is 3. The molecule has 3 rings (SSSR count). The van der Waals surface area contributed by atoms with Crippen molar-refractivity contribution in [2.24, 2.45) is 0 Å². The summed E-state index contributed by atoms with van der Waals surface area (Å²) in [6.07, 6.45) is 1.11. The quantitative estimate of drug-likeness (QED) is 0.859. The van der Waals surface area contributed by atoms with E-state index in [1.54, 1.807) is 24.3 Å². The summed E-state index contributed by atoms with van der Waals surface area (Å²) in [5, 5.41) is 17.7. The third kappa shape index (κ3) is 2.42. The number of nitrogens with zero attached hydrogens (tertiary/aromatic N) is 3. The van der Waals surface area contributed by atoms with Gasteiger partial charge >= 0.3 is 5.97 Å². The van der Waals surface area contributed by atoms with Gasteiger partial charge < -0.3 is 5.11 Å². The van der Waals surface area contributed by atoms with Crippen molar-refractivity contribution in [2.75, 3.05) is 0 Å². The molecule has 1 N–H and O–H groups in total. The van der Waals surface area contributed by atoms with Gasteiger partial charge in [-0.25, -0.2) is 9.78 Å². The van der Waals surface area contributed by atoms with Gasteiger partial charge in [-0.2, -0.15) is 5.26 Å². The van der Waals surface area contributed by atoms with Crippen LogP contribution in [0.4, 0.5) is 0 Å². The summed E-state index contributed by atoms with van der Waals surface area (Å²) >= 11 is 0. The lowest BCUT2D eigenvalue weighted by molar-refractivity contribution is 0.0640. The van der Waals surface area contributed by atoms with E-state index < -0.39 is 17.8 Å². The van der Waals surface area contributed by atoms with E-state index in [2.05, 4.69) is 4.98 Å². The minimum Gasteiger partial charge on any atom is -0.477 e. The summed E-state index contributed by atoms with van der Waals surface area (Å²) in [5.74, 6) is -2.34. The molecule has 1 aromatic carbocycles. The van der Waals surface area contributed by atoms with Crippen LogP contribution in [0.15, 0.2) is 36.5 Å². The third-order valence-corrected chi connectivity index (χ3v) is 3.50. The molecule has 0 saturated heterocycles. The molecular formula is C16H9N3O4. The number of benzene rings is 1. The smallest absolute Gasteiger partial charge is 0.354 e. The molecular weight excluding hydrogens is 298 g/mol. The molecule has 1 aromatic heterocycles. The van der Waals surface area contributed by atoms with E-state index in [0.717, 1.165) is 17.2 Å². The molecule has 0 aliphatic carbocycles. The van der Waals surface area contributed by atoms with E-state index in [-0.39, 0.29) is 23.4 Å². The molecule has 1 aliphatic heterocycles. The minimum atomic E-state index is -1.27. The highest BCUT2D eigenvalue weighted by molar-refractivity contribution is 6.21. The van der Waals surface area contributed by atoms with E-state index >= 15 is 0 Å². The van der Waals surface area contributed by atoms with E-state index in [1.807, 2.05) is 6.07 Å². The van der Waals surface area contributed by atoms with Gasteiger partial charge in [0, 0.05) is 6.20 Å². The molecule has 0 radical (unpaired) electrons. The first-order valence-electron chi connectivity index (χ1n) is 6.60. The zero-order valence-electron chi connectivity index (χ0n) is 11.7. The van der Waals surface area contributed by atoms with Crippen LogP contribution in [0, 0.1) is 11.3 Å². The van der Waals surface area contributed by atoms with Crippen LogP contribution in [0.25, 0.3) is 0 Å². The summed E-state index contributed by atoms with van der Waals surface area (Å²) in [7, 11) is 0. The van der Waals surface area contributed by atoms with Crippen molar-refractivity contribution >= 4 is 17.8 Å². The number of fused-ring (bicyclic) bond motifs is 1. The third-order valence-electron chi connectivity index (χ3n) is 3.50. The van der Waals surface area contributed by atoms with E-state index in [9.17, 15) is 14.4 Å². The monoisotopic (exact) mass is 307 g/mol. The number of imide groups is 1. The number of carboxylic acid groups (broad SMARTS) is 1. The fourth-order valence-electron chi connectivity index (χ4n) is 2.31. The second-order valence-electron chi connectivity index (χ2n) is 4.93. The van der Waals surface area contributed by atoms with E-state index in [1.165, 1.54) is 0 Å². The maximum absolute atomic E-state index is 12.3. The molecule has 0 fully saturated rings. The Morgan fingerprint density at radius 2 is 1.83 bits per heavy atom. The topological polar surface area (TPSA) is 111 Å². The van der Waals surface area contributed by atoms with Crippen LogP contribution in [0.5, 0.6) is 0 Å². The average Bonchev–Trinajstić information content (AvgIpc) is 2.80. The summed E-state index contributed by atoms with van der Waals surface area (Å²) in [4.78, 5) is 40.2. The molecule has 7 nitrogen and oxygen atoms in total.